The van der Waals surface area contributed by atoms with Gasteiger partial charge in [0.05, 0.1) is 11.4 Å². The van der Waals surface area contributed by atoms with Gasteiger partial charge in [0.2, 0.25) is 0 Å². The molecule has 4 rings (SSSR count). The third-order valence-corrected chi connectivity index (χ3v) is 6.20. The predicted octanol–water partition coefficient (Wildman–Crippen LogP) is 2.25. The van der Waals surface area contributed by atoms with Crippen LogP contribution in [-0.2, 0) is 10.0 Å². The average Bonchev–Trinajstić information content (AvgIpc) is 2.89. The average molecular weight is 374 g/mol. The lowest BCUT2D eigenvalue weighted by Gasteiger charge is -2.22. The Balaban J connectivity index is 1.60. The number of amidine groups is 1. The van der Waals surface area contributed by atoms with Gasteiger partial charge in [-0.25, -0.2) is 8.42 Å². The first-order valence-electron chi connectivity index (χ1n) is 7.57. The number of hydrogen-bond donors (Lipinski definition) is 1. The number of rotatable bonds is 2. The van der Waals surface area contributed by atoms with Gasteiger partial charge in [0.25, 0.3) is 15.9 Å². The van der Waals surface area contributed by atoms with Crippen LogP contribution in [0, 0.1) is 6.92 Å². The largest absolute Gasteiger partial charge is 0.322 e. The molecule has 128 valence electrons. The zero-order chi connectivity index (χ0) is 17.6. The van der Waals surface area contributed by atoms with E-state index < -0.39 is 10.0 Å². The Morgan fingerprint density at radius 3 is 2.92 bits per heavy atom. The van der Waals surface area contributed by atoms with E-state index in [0.717, 1.165) is 16.3 Å². The maximum absolute atomic E-state index is 12.5. The molecule has 1 amide bonds. The summed E-state index contributed by atoms with van der Waals surface area (Å²) in [6, 6.07) is 8.84. The van der Waals surface area contributed by atoms with Gasteiger partial charge in [-0.1, -0.05) is 0 Å². The molecule has 25 heavy (non-hydrogen) atoms. The molecule has 0 bridgehead atoms. The van der Waals surface area contributed by atoms with Crippen LogP contribution in [0.25, 0.3) is 0 Å². The molecular formula is C16H14N4O3S2. The summed E-state index contributed by atoms with van der Waals surface area (Å²) in [7, 11) is -3.39. The number of anilines is 2. The van der Waals surface area contributed by atoms with Crippen LogP contribution in [0.2, 0.25) is 0 Å². The van der Waals surface area contributed by atoms with Gasteiger partial charge in [0.15, 0.2) is 5.17 Å². The first-order valence-corrected chi connectivity index (χ1v) is 10.00. The topological polar surface area (TPSA) is 91.7 Å². The van der Waals surface area contributed by atoms with Crippen LogP contribution in [-0.4, -0.2) is 36.8 Å². The van der Waals surface area contributed by atoms with Crippen molar-refractivity contribution >= 4 is 44.2 Å². The molecule has 0 atom stereocenters. The molecule has 0 spiro atoms. The van der Waals surface area contributed by atoms with Crippen LogP contribution >= 0.6 is 11.8 Å². The number of aromatic nitrogens is 1. The summed E-state index contributed by atoms with van der Waals surface area (Å²) in [6.45, 7) is 2.23. The zero-order valence-electron chi connectivity index (χ0n) is 13.3. The van der Waals surface area contributed by atoms with Crippen molar-refractivity contribution < 1.29 is 13.2 Å². The number of sulfonamides is 1. The van der Waals surface area contributed by atoms with Crippen LogP contribution < -0.4 is 10.2 Å². The van der Waals surface area contributed by atoms with Crippen molar-refractivity contribution in [3.05, 3.63) is 47.8 Å². The number of carbonyl (C=O) groups is 1. The van der Waals surface area contributed by atoms with E-state index in [2.05, 4.69) is 14.7 Å². The number of benzene rings is 1. The zero-order valence-corrected chi connectivity index (χ0v) is 14.9. The molecular weight excluding hydrogens is 360 g/mol. The van der Waals surface area contributed by atoms with E-state index in [1.54, 1.807) is 30.5 Å². The first kappa shape index (κ1) is 16.1. The summed E-state index contributed by atoms with van der Waals surface area (Å²) in [5, 5.41) is 3.29. The van der Waals surface area contributed by atoms with Crippen molar-refractivity contribution in [2.75, 3.05) is 22.5 Å². The minimum absolute atomic E-state index is 0.000130. The maximum atomic E-state index is 12.5. The number of hydrogen-bond acceptors (Lipinski definition) is 6. The second-order valence-corrected chi connectivity index (χ2v) is 8.50. The summed E-state index contributed by atoms with van der Waals surface area (Å²) in [5.74, 6) is -0.228. The molecule has 0 unspecified atom stereocenters. The molecule has 2 aromatic rings. The lowest BCUT2D eigenvalue weighted by Crippen LogP contribution is -2.35. The molecule has 2 aliphatic heterocycles. The van der Waals surface area contributed by atoms with Crippen molar-refractivity contribution in [2.24, 2.45) is 4.40 Å². The molecule has 9 heteroatoms. The Morgan fingerprint density at radius 1 is 1.28 bits per heavy atom. The Hall–Kier alpha value is -2.39. The van der Waals surface area contributed by atoms with Crippen LogP contribution in [0.15, 0.2) is 45.8 Å². The SMILES string of the molecule is Cc1cc(NC(=O)c2ccc3c(c2)SC2=NS(=O)(=O)CCN23)ccn1. The Bertz CT molecular complexity index is 1020. The smallest absolute Gasteiger partial charge is 0.257 e. The number of pyridine rings is 1. The minimum atomic E-state index is -3.39. The second kappa shape index (κ2) is 5.85. The fourth-order valence-corrected chi connectivity index (χ4v) is 4.99. The van der Waals surface area contributed by atoms with Crippen LogP contribution in [0.5, 0.6) is 0 Å². The van der Waals surface area contributed by atoms with E-state index in [1.165, 1.54) is 11.8 Å². The molecule has 0 radical (unpaired) electrons. The second-order valence-electron chi connectivity index (χ2n) is 5.74. The number of carbonyl (C=O) groups excluding carboxylic acids is 1. The molecule has 0 saturated heterocycles. The number of nitrogens with one attached hydrogen (secondary N) is 1. The predicted molar refractivity (Wildman–Crippen MR) is 97.8 cm³/mol. The Labute approximate surface area is 149 Å². The molecule has 3 heterocycles. The van der Waals surface area contributed by atoms with Crippen LogP contribution in [0.1, 0.15) is 16.1 Å². The third kappa shape index (κ3) is 3.12. The van der Waals surface area contributed by atoms with Crippen molar-refractivity contribution in [2.45, 2.75) is 11.8 Å². The highest BCUT2D eigenvalue weighted by Gasteiger charge is 2.33. The van der Waals surface area contributed by atoms with Crippen molar-refractivity contribution in [1.82, 2.24) is 4.98 Å². The van der Waals surface area contributed by atoms with E-state index in [-0.39, 0.29) is 11.7 Å². The van der Waals surface area contributed by atoms with E-state index in [0.29, 0.717) is 23.0 Å². The van der Waals surface area contributed by atoms with E-state index in [1.807, 2.05) is 17.9 Å². The van der Waals surface area contributed by atoms with Crippen molar-refractivity contribution in [1.29, 1.82) is 0 Å². The number of aryl methyl sites for hydroxylation is 1. The van der Waals surface area contributed by atoms with Gasteiger partial charge in [0.1, 0.15) is 0 Å². The van der Waals surface area contributed by atoms with Crippen molar-refractivity contribution in [3.63, 3.8) is 0 Å². The molecule has 0 fully saturated rings. The van der Waals surface area contributed by atoms with Gasteiger partial charge in [-0.05, 0) is 49.0 Å². The lowest BCUT2D eigenvalue weighted by molar-refractivity contribution is 0.102. The molecule has 7 nitrogen and oxygen atoms in total. The summed E-state index contributed by atoms with van der Waals surface area (Å²) in [4.78, 5) is 19.3. The van der Waals surface area contributed by atoms with Gasteiger partial charge in [-0.2, -0.15) is 0 Å². The highest BCUT2D eigenvalue weighted by Crippen LogP contribution is 2.42. The van der Waals surface area contributed by atoms with Gasteiger partial charge in [-0.15, -0.1) is 4.40 Å². The van der Waals surface area contributed by atoms with E-state index >= 15 is 0 Å². The van der Waals surface area contributed by atoms with Gasteiger partial charge in [-0.3, -0.25) is 9.78 Å². The minimum Gasteiger partial charge on any atom is -0.322 e. The van der Waals surface area contributed by atoms with E-state index in [9.17, 15) is 13.2 Å². The fraction of sp³-hybridized carbons (Fsp3) is 0.188. The summed E-state index contributed by atoms with van der Waals surface area (Å²) >= 11 is 1.27. The summed E-state index contributed by atoms with van der Waals surface area (Å²) in [5.41, 5.74) is 2.89. The standard InChI is InChI=1S/C16H14N4O3S2/c1-10-8-12(4-5-17-10)18-15(21)11-2-3-13-14(9-11)24-16-19-25(22,23)7-6-20(13)16/h2-5,8-9H,6-7H2,1H3,(H,17,18,21). The molecule has 1 N–H and O–H groups in total. The third-order valence-electron chi connectivity index (χ3n) is 3.89. The summed E-state index contributed by atoms with van der Waals surface area (Å²) in [6.07, 6.45) is 1.64. The highest BCUT2D eigenvalue weighted by atomic mass is 32.2. The van der Waals surface area contributed by atoms with Crippen LogP contribution in [0.4, 0.5) is 11.4 Å². The fourth-order valence-electron chi connectivity index (χ4n) is 2.70. The maximum Gasteiger partial charge on any atom is 0.257 e. The quantitative estimate of drug-likeness (QED) is 0.867. The summed E-state index contributed by atoms with van der Waals surface area (Å²) < 4.78 is 27.1. The molecule has 0 aliphatic carbocycles. The monoisotopic (exact) mass is 374 g/mol. The number of thioether (sulfide) groups is 1. The first-order chi connectivity index (χ1) is 11.9. The Morgan fingerprint density at radius 2 is 2.12 bits per heavy atom. The van der Waals surface area contributed by atoms with Gasteiger partial charge >= 0.3 is 0 Å². The lowest BCUT2D eigenvalue weighted by atomic mass is 10.1. The number of amides is 1. The van der Waals surface area contributed by atoms with Crippen molar-refractivity contribution in [3.8, 4) is 0 Å². The van der Waals surface area contributed by atoms with Gasteiger partial charge < -0.3 is 10.2 Å². The number of nitrogens with zero attached hydrogens (tertiary/aromatic N) is 3. The molecule has 2 aliphatic rings. The highest BCUT2D eigenvalue weighted by molar-refractivity contribution is 8.15. The van der Waals surface area contributed by atoms with Gasteiger partial charge in [0, 0.05) is 34.6 Å². The van der Waals surface area contributed by atoms with E-state index in [4.69, 9.17) is 0 Å². The Kier molecular flexibility index (Phi) is 3.77. The normalized spacial score (nSPS) is 17.5. The molecule has 1 aromatic carbocycles. The molecule has 1 aromatic heterocycles. The van der Waals surface area contributed by atoms with Crippen LogP contribution in [0.3, 0.4) is 0 Å². The number of fused-ring (bicyclic) bond motifs is 3. The molecule has 0 saturated carbocycles.